The largest absolute Gasteiger partial charge is 0.347 e. The Balaban J connectivity index is 1.97. The van der Waals surface area contributed by atoms with Crippen LogP contribution in [0.15, 0.2) is 5.38 Å². The lowest BCUT2D eigenvalue weighted by Gasteiger charge is -1.98. The summed E-state index contributed by atoms with van der Waals surface area (Å²) in [4.78, 5) is 15.6. The highest BCUT2D eigenvalue weighted by Crippen LogP contribution is 2.29. The van der Waals surface area contributed by atoms with Gasteiger partial charge in [-0.25, -0.2) is 4.98 Å². The number of nitrogens with one attached hydrogen (secondary N) is 1. The Morgan fingerprint density at radius 1 is 1.77 bits per heavy atom. The molecule has 2 rings (SSSR count). The summed E-state index contributed by atoms with van der Waals surface area (Å²) in [7, 11) is 0. The summed E-state index contributed by atoms with van der Waals surface area (Å²) in [5.41, 5.74) is 0.916. The molecule has 1 saturated carbocycles. The molecule has 0 saturated heterocycles. The van der Waals surface area contributed by atoms with E-state index in [0.717, 1.165) is 12.1 Å². The molecular weight excluding hydrogens is 184 g/mol. The summed E-state index contributed by atoms with van der Waals surface area (Å²) in [5.74, 6) is 0.623. The summed E-state index contributed by atoms with van der Waals surface area (Å²) in [6.07, 6.45) is 1.11. The molecule has 2 unspecified atom stereocenters. The van der Waals surface area contributed by atoms with Crippen LogP contribution in [0.5, 0.6) is 0 Å². The number of nitrogens with zero attached hydrogens (tertiary/aromatic N) is 1. The molecule has 1 heterocycles. The minimum atomic E-state index is -0.0209. The van der Waals surface area contributed by atoms with Crippen LogP contribution >= 0.6 is 11.3 Å². The number of hydrogen-bond donors (Lipinski definition) is 1. The lowest BCUT2D eigenvalue weighted by Crippen LogP contribution is -2.26. The van der Waals surface area contributed by atoms with Crippen LogP contribution in [0.25, 0.3) is 0 Å². The van der Waals surface area contributed by atoms with E-state index < -0.39 is 0 Å². The Morgan fingerprint density at radius 3 is 2.92 bits per heavy atom. The molecule has 1 aromatic rings. The van der Waals surface area contributed by atoms with Gasteiger partial charge in [0.2, 0.25) is 0 Å². The van der Waals surface area contributed by atoms with Crippen LogP contribution in [0.3, 0.4) is 0 Å². The summed E-state index contributed by atoms with van der Waals surface area (Å²) in [6, 6.07) is 0.386. The van der Waals surface area contributed by atoms with E-state index in [1.165, 1.54) is 11.3 Å². The lowest BCUT2D eigenvalue weighted by molar-refractivity contribution is 0.0949. The molecule has 1 aromatic heterocycles. The van der Waals surface area contributed by atoms with Crippen molar-refractivity contribution < 1.29 is 4.79 Å². The average molecular weight is 196 g/mol. The van der Waals surface area contributed by atoms with Gasteiger partial charge in [-0.15, -0.1) is 11.3 Å². The lowest BCUT2D eigenvalue weighted by atomic mass is 10.4. The molecule has 1 aliphatic rings. The molecular formula is C9H12N2OS. The van der Waals surface area contributed by atoms with Crippen molar-refractivity contribution in [3.63, 3.8) is 0 Å². The van der Waals surface area contributed by atoms with Gasteiger partial charge in [0.1, 0.15) is 0 Å². The van der Waals surface area contributed by atoms with E-state index in [9.17, 15) is 4.79 Å². The fourth-order valence-corrected chi connectivity index (χ4v) is 1.91. The molecule has 4 heteroatoms. The number of amides is 1. The number of carbonyl (C=O) groups is 1. The Morgan fingerprint density at radius 2 is 2.46 bits per heavy atom. The van der Waals surface area contributed by atoms with Gasteiger partial charge in [-0.2, -0.15) is 0 Å². The maximum atomic E-state index is 11.5. The van der Waals surface area contributed by atoms with Gasteiger partial charge >= 0.3 is 0 Å². The van der Waals surface area contributed by atoms with Crippen molar-refractivity contribution in [2.24, 2.45) is 5.92 Å². The van der Waals surface area contributed by atoms with Crippen molar-refractivity contribution in [2.75, 3.05) is 0 Å². The van der Waals surface area contributed by atoms with Crippen molar-refractivity contribution in [1.82, 2.24) is 10.3 Å². The van der Waals surface area contributed by atoms with Gasteiger partial charge in [-0.1, -0.05) is 6.92 Å². The molecule has 2 atom stereocenters. The second-order valence-corrected chi connectivity index (χ2v) is 4.45. The molecule has 1 amide bonds. The maximum absolute atomic E-state index is 11.5. The zero-order valence-corrected chi connectivity index (χ0v) is 8.52. The van der Waals surface area contributed by atoms with E-state index in [4.69, 9.17) is 0 Å². The van der Waals surface area contributed by atoms with Crippen molar-refractivity contribution in [1.29, 1.82) is 0 Å². The molecule has 70 valence electrons. The Bertz CT molecular complexity index is 334. The number of hydrogen-bond acceptors (Lipinski definition) is 3. The molecule has 1 aliphatic carbocycles. The third-order valence-corrected chi connectivity index (χ3v) is 3.20. The monoisotopic (exact) mass is 196 g/mol. The highest BCUT2D eigenvalue weighted by molar-refractivity contribution is 7.11. The quantitative estimate of drug-likeness (QED) is 0.780. The van der Waals surface area contributed by atoms with Crippen LogP contribution in [0.2, 0.25) is 0 Å². The summed E-state index contributed by atoms with van der Waals surface area (Å²) in [6.45, 7) is 4.03. The third-order valence-electron chi connectivity index (χ3n) is 2.24. The fourth-order valence-electron chi connectivity index (χ4n) is 1.21. The minimum absolute atomic E-state index is 0.0209. The van der Waals surface area contributed by atoms with Gasteiger partial charge in [0, 0.05) is 17.1 Å². The van der Waals surface area contributed by atoms with Crippen molar-refractivity contribution >= 4 is 17.2 Å². The van der Waals surface area contributed by atoms with Crippen LogP contribution in [0.1, 0.15) is 28.8 Å². The van der Waals surface area contributed by atoms with E-state index in [1.54, 1.807) is 0 Å². The SMILES string of the molecule is Cc1csc(C(=O)NC2CC2C)n1. The first kappa shape index (κ1) is 8.69. The molecule has 0 spiro atoms. The molecule has 13 heavy (non-hydrogen) atoms. The van der Waals surface area contributed by atoms with Crippen LogP contribution in [-0.4, -0.2) is 16.9 Å². The number of thiazole rings is 1. The predicted molar refractivity (Wildman–Crippen MR) is 51.9 cm³/mol. The summed E-state index contributed by atoms with van der Waals surface area (Å²) < 4.78 is 0. The van der Waals surface area contributed by atoms with Crippen molar-refractivity contribution in [3.8, 4) is 0 Å². The highest BCUT2D eigenvalue weighted by Gasteiger charge is 2.34. The number of aromatic nitrogens is 1. The molecule has 0 aliphatic heterocycles. The Hall–Kier alpha value is -0.900. The third kappa shape index (κ3) is 1.88. The van der Waals surface area contributed by atoms with E-state index in [1.807, 2.05) is 12.3 Å². The number of carbonyl (C=O) groups excluding carboxylic acids is 1. The van der Waals surface area contributed by atoms with Gasteiger partial charge in [0.25, 0.3) is 5.91 Å². The molecule has 0 bridgehead atoms. The van der Waals surface area contributed by atoms with Crippen molar-refractivity contribution in [3.05, 3.63) is 16.1 Å². The van der Waals surface area contributed by atoms with Crippen molar-refractivity contribution in [2.45, 2.75) is 26.3 Å². The number of rotatable bonds is 2. The molecule has 0 radical (unpaired) electrons. The average Bonchev–Trinajstić information content (AvgIpc) is 2.62. The van der Waals surface area contributed by atoms with Gasteiger partial charge in [0.15, 0.2) is 5.01 Å². The fraction of sp³-hybridized carbons (Fsp3) is 0.556. The first-order chi connectivity index (χ1) is 6.16. The van der Waals surface area contributed by atoms with Gasteiger partial charge < -0.3 is 5.32 Å². The van der Waals surface area contributed by atoms with E-state index in [2.05, 4.69) is 17.2 Å². The zero-order chi connectivity index (χ0) is 9.42. The second kappa shape index (κ2) is 3.10. The van der Waals surface area contributed by atoms with Crippen LogP contribution in [-0.2, 0) is 0 Å². The normalized spacial score (nSPS) is 25.7. The standard InChI is InChI=1S/C9H12N2OS/c1-5-3-7(5)11-8(12)9-10-6(2)4-13-9/h4-5,7H,3H2,1-2H3,(H,11,12). The Kier molecular flexibility index (Phi) is 2.07. The number of aryl methyl sites for hydroxylation is 1. The summed E-state index contributed by atoms with van der Waals surface area (Å²) in [5, 5.41) is 5.42. The molecule has 1 fully saturated rings. The molecule has 3 nitrogen and oxygen atoms in total. The first-order valence-electron chi connectivity index (χ1n) is 4.40. The van der Waals surface area contributed by atoms with Gasteiger partial charge in [-0.3, -0.25) is 4.79 Å². The second-order valence-electron chi connectivity index (χ2n) is 3.59. The highest BCUT2D eigenvalue weighted by atomic mass is 32.1. The van der Waals surface area contributed by atoms with E-state index >= 15 is 0 Å². The predicted octanol–water partition coefficient (Wildman–Crippen LogP) is 1.59. The first-order valence-corrected chi connectivity index (χ1v) is 5.28. The molecule has 0 aromatic carbocycles. The molecule has 1 N–H and O–H groups in total. The topological polar surface area (TPSA) is 42.0 Å². The Labute approximate surface area is 81.2 Å². The van der Waals surface area contributed by atoms with Crippen LogP contribution in [0, 0.1) is 12.8 Å². The zero-order valence-electron chi connectivity index (χ0n) is 7.70. The van der Waals surface area contributed by atoms with Gasteiger partial charge in [0.05, 0.1) is 0 Å². The van der Waals surface area contributed by atoms with Crippen LogP contribution in [0.4, 0.5) is 0 Å². The van der Waals surface area contributed by atoms with Gasteiger partial charge in [-0.05, 0) is 19.3 Å². The minimum Gasteiger partial charge on any atom is -0.347 e. The maximum Gasteiger partial charge on any atom is 0.280 e. The van der Waals surface area contributed by atoms with E-state index in [-0.39, 0.29) is 5.91 Å². The summed E-state index contributed by atoms with van der Waals surface area (Å²) >= 11 is 1.41. The van der Waals surface area contributed by atoms with E-state index in [0.29, 0.717) is 17.0 Å². The smallest absolute Gasteiger partial charge is 0.280 e. The van der Waals surface area contributed by atoms with Crippen LogP contribution < -0.4 is 5.32 Å².